The third kappa shape index (κ3) is 5.06. The van der Waals surface area contributed by atoms with Crippen molar-refractivity contribution in [2.24, 2.45) is 5.73 Å². The molecule has 0 aliphatic heterocycles. The molecule has 0 fully saturated rings. The highest BCUT2D eigenvalue weighted by Crippen LogP contribution is 2.34. The van der Waals surface area contributed by atoms with Gasteiger partial charge < -0.3 is 5.73 Å². The average molecular weight is 359 g/mol. The zero-order valence-corrected chi connectivity index (χ0v) is 13.3. The molecule has 0 bridgehead atoms. The number of thiophene rings is 1. The second kappa shape index (κ2) is 7.06. The fourth-order valence-electron chi connectivity index (χ4n) is 2.01. The summed E-state index contributed by atoms with van der Waals surface area (Å²) in [6.07, 6.45) is -3.58. The number of halogens is 4. The molecule has 0 radical (unpaired) electrons. The summed E-state index contributed by atoms with van der Waals surface area (Å²) in [5.74, 6) is 0. The number of nitrogens with two attached hydrogens (primary N) is 1. The Balaban J connectivity index is 3.01. The third-order valence-corrected chi connectivity index (χ3v) is 4.64. The highest BCUT2D eigenvalue weighted by atomic mass is 79.9. The molecule has 0 saturated heterocycles. The fraction of sp³-hybridized carbons (Fsp3) is 0.667. The molecule has 0 aliphatic rings. The zero-order valence-electron chi connectivity index (χ0n) is 10.9. The number of hydrogen-bond acceptors (Lipinski definition) is 3. The Labute approximate surface area is 123 Å². The van der Waals surface area contributed by atoms with E-state index in [1.54, 1.807) is 6.92 Å². The number of likely N-dealkylation sites (N-methyl/N-ethyl adjacent to an activating group) is 1. The Bertz CT molecular complexity index is 395. The highest BCUT2D eigenvalue weighted by Gasteiger charge is 2.35. The van der Waals surface area contributed by atoms with Crippen LogP contribution in [0.15, 0.2) is 15.9 Å². The molecule has 0 amide bonds. The van der Waals surface area contributed by atoms with Gasteiger partial charge in [-0.3, -0.25) is 4.90 Å². The van der Waals surface area contributed by atoms with Gasteiger partial charge in [0.05, 0.1) is 16.4 Å². The lowest BCUT2D eigenvalue weighted by Crippen LogP contribution is -2.44. The zero-order chi connectivity index (χ0) is 14.6. The van der Waals surface area contributed by atoms with Crippen LogP contribution in [-0.4, -0.2) is 30.2 Å². The predicted octanol–water partition coefficient (Wildman–Crippen LogP) is 4.17. The maximum absolute atomic E-state index is 12.7. The van der Waals surface area contributed by atoms with E-state index in [9.17, 15) is 13.2 Å². The highest BCUT2D eigenvalue weighted by molar-refractivity contribution is 9.11. The lowest BCUT2D eigenvalue weighted by atomic mass is 10.0. The molecule has 1 aromatic rings. The van der Waals surface area contributed by atoms with E-state index in [0.717, 1.165) is 8.66 Å². The van der Waals surface area contributed by atoms with Crippen molar-refractivity contribution in [1.29, 1.82) is 0 Å². The van der Waals surface area contributed by atoms with E-state index >= 15 is 0 Å². The summed E-state index contributed by atoms with van der Waals surface area (Å²) in [4.78, 5) is 2.26. The standard InChI is InChI=1S/C12H18BrF3N2S/c1-3-8(17)11(9-5-6-10(13)19-9)18(4-2)7-12(14,15)16/h5-6,8,11H,3-4,7,17H2,1-2H3. The molecule has 7 heteroatoms. The molecule has 2 atom stereocenters. The van der Waals surface area contributed by atoms with Crippen molar-refractivity contribution in [1.82, 2.24) is 4.90 Å². The average Bonchev–Trinajstić information content (AvgIpc) is 2.72. The first-order chi connectivity index (χ1) is 8.78. The first-order valence-corrected chi connectivity index (χ1v) is 7.71. The molecule has 1 aromatic heterocycles. The lowest BCUT2D eigenvalue weighted by Gasteiger charge is -2.34. The number of nitrogens with zero attached hydrogens (tertiary/aromatic N) is 1. The second-order valence-electron chi connectivity index (χ2n) is 4.34. The lowest BCUT2D eigenvalue weighted by molar-refractivity contribution is -0.151. The van der Waals surface area contributed by atoms with Crippen molar-refractivity contribution in [3.8, 4) is 0 Å². The van der Waals surface area contributed by atoms with Crippen molar-refractivity contribution in [2.45, 2.75) is 38.5 Å². The van der Waals surface area contributed by atoms with Gasteiger partial charge in [0.15, 0.2) is 0 Å². The second-order valence-corrected chi connectivity index (χ2v) is 6.83. The summed E-state index contributed by atoms with van der Waals surface area (Å²) in [7, 11) is 0. The molecule has 1 rings (SSSR count). The molecule has 0 aromatic carbocycles. The number of rotatable bonds is 6. The van der Waals surface area contributed by atoms with Crippen LogP contribution in [0.5, 0.6) is 0 Å². The largest absolute Gasteiger partial charge is 0.401 e. The van der Waals surface area contributed by atoms with Crippen LogP contribution in [0.4, 0.5) is 13.2 Å². The quantitative estimate of drug-likeness (QED) is 0.826. The van der Waals surface area contributed by atoms with Crippen molar-refractivity contribution in [2.75, 3.05) is 13.1 Å². The van der Waals surface area contributed by atoms with Crippen LogP contribution in [0.2, 0.25) is 0 Å². The van der Waals surface area contributed by atoms with Crippen LogP contribution in [0.3, 0.4) is 0 Å². The first kappa shape index (κ1) is 16.9. The summed E-state index contributed by atoms with van der Waals surface area (Å²) in [6, 6.07) is 2.98. The van der Waals surface area contributed by atoms with Gasteiger partial charge in [-0.1, -0.05) is 13.8 Å². The first-order valence-electron chi connectivity index (χ1n) is 6.10. The predicted molar refractivity (Wildman–Crippen MR) is 76.3 cm³/mol. The Hall–Kier alpha value is -0.110. The maximum atomic E-state index is 12.7. The molecular weight excluding hydrogens is 341 g/mol. The van der Waals surface area contributed by atoms with Gasteiger partial charge in [0.25, 0.3) is 0 Å². The summed E-state index contributed by atoms with van der Waals surface area (Å²) in [6.45, 7) is 3.00. The minimum atomic E-state index is -4.21. The Kier molecular flexibility index (Phi) is 6.29. The smallest absolute Gasteiger partial charge is 0.326 e. The van der Waals surface area contributed by atoms with Gasteiger partial charge in [-0.15, -0.1) is 11.3 Å². The monoisotopic (exact) mass is 358 g/mol. The molecule has 110 valence electrons. The number of hydrogen-bond donors (Lipinski definition) is 1. The minimum Gasteiger partial charge on any atom is -0.326 e. The SMILES string of the molecule is CCC(N)C(c1ccc(Br)s1)N(CC)CC(F)(F)F. The molecule has 1 heterocycles. The topological polar surface area (TPSA) is 29.3 Å². The van der Waals surface area contributed by atoms with Crippen LogP contribution < -0.4 is 5.73 Å². The maximum Gasteiger partial charge on any atom is 0.401 e. The summed E-state index contributed by atoms with van der Waals surface area (Å²) in [5, 5.41) is 0. The van der Waals surface area contributed by atoms with Crippen LogP contribution in [0.25, 0.3) is 0 Å². The molecule has 0 aliphatic carbocycles. The molecule has 2 nitrogen and oxygen atoms in total. The van der Waals surface area contributed by atoms with Crippen molar-refractivity contribution in [3.05, 3.63) is 20.8 Å². The summed E-state index contributed by atoms with van der Waals surface area (Å²) < 4.78 is 38.9. The van der Waals surface area contributed by atoms with Gasteiger partial charge >= 0.3 is 6.18 Å². The Morgan fingerprint density at radius 1 is 1.37 bits per heavy atom. The molecule has 0 spiro atoms. The minimum absolute atomic E-state index is 0.312. The van der Waals surface area contributed by atoms with Gasteiger partial charge in [0.2, 0.25) is 0 Å². The van der Waals surface area contributed by atoms with E-state index in [1.807, 2.05) is 19.1 Å². The number of alkyl halides is 3. The van der Waals surface area contributed by atoms with Crippen LogP contribution in [-0.2, 0) is 0 Å². The normalized spacial score (nSPS) is 15.8. The van der Waals surface area contributed by atoms with Crippen molar-refractivity contribution >= 4 is 27.3 Å². The van der Waals surface area contributed by atoms with E-state index < -0.39 is 18.8 Å². The summed E-state index contributed by atoms with van der Waals surface area (Å²) in [5.41, 5.74) is 6.04. The molecule has 0 saturated carbocycles. The summed E-state index contributed by atoms with van der Waals surface area (Å²) >= 11 is 4.78. The van der Waals surface area contributed by atoms with Crippen LogP contribution >= 0.6 is 27.3 Å². The van der Waals surface area contributed by atoms with E-state index in [4.69, 9.17) is 5.73 Å². The van der Waals surface area contributed by atoms with E-state index in [1.165, 1.54) is 16.2 Å². The van der Waals surface area contributed by atoms with Gasteiger partial charge in [-0.05, 0) is 41.0 Å². The van der Waals surface area contributed by atoms with Crippen molar-refractivity contribution in [3.63, 3.8) is 0 Å². The Morgan fingerprint density at radius 3 is 2.37 bits per heavy atom. The molecule has 19 heavy (non-hydrogen) atoms. The van der Waals surface area contributed by atoms with Gasteiger partial charge in [0, 0.05) is 10.9 Å². The van der Waals surface area contributed by atoms with Gasteiger partial charge in [-0.2, -0.15) is 13.2 Å². The van der Waals surface area contributed by atoms with Gasteiger partial charge in [-0.25, -0.2) is 0 Å². The van der Waals surface area contributed by atoms with Crippen molar-refractivity contribution < 1.29 is 13.2 Å². The molecule has 2 unspecified atom stereocenters. The molecular formula is C12H18BrF3N2S. The third-order valence-electron chi connectivity index (χ3n) is 2.94. The van der Waals surface area contributed by atoms with Gasteiger partial charge in [0.1, 0.15) is 0 Å². The van der Waals surface area contributed by atoms with E-state index in [0.29, 0.717) is 13.0 Å². The fourth-order valence-corrected chi connectivity index (χ4v) is 3.64. The van der Waals surface area contributed by atoms with E-state index in [-0.39, 0.29) is 6.04 Å². The van der Waals surface area contributed by atoms with Crippen LogP contribution in [0.1, 0.15) is 31.2 Å². The van der Waals surface area contributed by atoms with Crippen LogP contribution in [0, 0.1) is 0 Å². The van der Waals surface area contributed by atoms with E-state index in [2.05, 4.69) is 15.9 Å². The molecule has 2 N–H and O–H groups in total. The Morgan fingerprint density at radius 2 is 2.00 bits per heavy atom.